The minimum Gasteiger partial charge on any atom is -0.343 e. The van der Waals surface area contributed by atoms with E-state index in [4.69, 9.17) is 5.73 Å². The van der Waals surface area contributed by atoms with Crippen LogP contribution in [-0.2, 0) is 4.79 Å². The van der Waals surface area contributed by atoms with Gasteiger partial charge in [-0.3, -0.25) is 9.69 Å². The summed E-state index contributed by atoms with van der Waals surface area (Å²) in [5.41, 5.74) is 5.84. The molecule has 5 nitrogen and oxygen atoms in total. The largest absolute Gasteiger partial charge is 0.343 e. The standard InChI is InChI=1S/C12H26N4O/c1-14(2)8-9-15(3)12(17)10-16-6-4-11(13)5-7-16/h11H,4-10,13H2,1-3H3. The first-order valence-electron chi connectivity index (χ1n) is 6.35. The van der Waals surface area contributed by atoms with Crippen LogP contribution >= 0.6 is 0 Å². The summed E-state index contributed by atoms with van der Waals surface area (Å²) in [4.78, 5) is 18.0. The third-order valence-electron chi connectivity index (χ3n) is 3.30. The SMILES string of the molecule is CN(C)CCN(C)C(=O)CN1CCC(N)CC1. The van der Waals surface area contributed by atoms with Crippen molar-refractivity contribution in [1.29, 1.82) is 0 Å². The van der Waals surface area contributed by atoms with Crippen molar-refractivity contribution >= 4 is 5.91 Å². The first kappa shape index (κ1) is 14.4. The van der Waals surface area contributed by atoms with Gasteiger partial charge in [0.25, 0.3) is 0 Å². The fourth-order valence-corrected chi connectivity index (χ4v) is 1.90. The Balaban J connectivity index is 2.23. The zero-order chi connectivity index (χ0) is 12.8. The molecule has 17 heavy (non-hydrogen) atoms. The van der Waals surface area contributed by atoms with Gasteiger partial charge in [-0.05, 0) is 26.9 Å². The number of nitrogens with two attached hydrogens (primary N) is 1. The molecule has 0 aromatic heterocycles. The topological polar surface area (TPSA) is 52.8 Å². The maximum Gasteiger partial charge on any atom is 0.236 e. The number of carbonyl (C=O) groups is 1. The summed E-state index contributed by atoms with van der Waals surface area (Å²) < 4.78 is 0. The fourth-order valence-electron chi connectivity index (χ4n) is 1.90. The molecule has 1 rings (SSSR count). The molecule has 0 bridgehead atoms. The van der Waals surface area contributed by atoms with Crippen molar-refractivity contribution in [2.24, 2.45) is 5.73 Å². The van der Waals surface area contributed by atoms with E-state index in [1.54, 1.807) is 0 Å². The zero-order valence-electron chi connectivity index (χ0n) is 11.4. The molecule has 2 N–H and O–H groups in total. The van der Waals surface area contributed by atoms with Gasteiger partial charge in [-0.15, -0.1) is 0 Å². The molecule has 1 amide bonds. The number of amides is 1. The minimum atomic E-state index is 0.210. The number of hydrogen-bond acceptors (Lipinski definition) is 4. The Labute approximate surface area is 105 Å². The summed E-state index contributed by atoms with van der Waals surface area (Å²) >= 11 is 0. The van der Waals surface area contributed by atoms with Gasteiger partial charge in [-0.1, -0.05) is 0 Å². The molecular weight excluding hydrogens is 216 g/mol. The van der Waals surface area contributed by atoms with E-state index in [9.17, 15) is 4.79 Å². The van der Waals surface area contributed by atoms with Crippen LogP contribution in [-0.4, -0.2) is 80.5 Å². The minimum absolute atomic E-state index is 0.210. The number of nitrogens with zero attached hydrogens (tertiary/aromatic N) is 3. The Morgan fingerprint density at radius 3 is 2.35 bits per heavy atom. The van der Waals surface area contributed by atoms with E-state index in [-0.39, 0.29) is 5.91 Å². The monoisotopic (exact) mass is 242 g/mol. The van der Waals surface area contributed by atoms with Crippen LogP contribution in [0, 0.1) is 0 Å². The molecule has 0 unspecified atom stereocenters. The van der Waals surface area contributed by atoms with Crippen LogP contribution < -0.4 is 5.73 Å². The first-order valence-corrected chi connectivity index (χ1v) is 6.35. The van der Waals surface area contributed by atoms with Crippen molar-refractivity contribution < 1.29 is 4.79 Å². The normalized spacial score (nSPS) is 18.6. The highest BCUT2D eigenvalue weighted by Crippen LogP contribution is 2.07. The average molecular weight is 242 g/mol. The molecule has 1 heterocycles. The van der Waals surface area contributed by atoms with Crippen molar-refractivity contribution in [3.63, 3.8) is 0 Å². The number of piperidine rings is 1. The number of likely N-dealkylation sites (tertiary alicyclic amines) is 1. The van der Waals surface area contributed by atoms with Gasteiger partial charge in [0.05, 0.1) is 6.54 Å². The molecule has 5 heteroatoms. The zero-order valence-corrected chi connectivity index (χ0v) is 11.4. The van der Waals surface area contributed by atoms with E-state index in [2.05, 4.69) is 9.80 Å². The van der Waals surface area contributed by atoms with Crippen molar-refractivity contribution in [2.45, 2.75) is 18.9 Å². The van der Waals surface area contributed by atoms with Gasteiger partial charge in [0.15, 0.2) is 0 Å². The molecule has 0 radical (unpaired) electrons. The molecule has 0 saturated carbocycles. The van der Waals surface area contributed by atoms with Crippen molar-refractivity contribution in [2.75, 3.05) is 53.9 Å². The van der Waals surface area contributed by atoms with Crippen molar-refractivity contribution in [3.8, 4) is 0 Å². The van der Waals surface area contributed by atoms with Gasteiger partial charge < -0.3 is 15.5 Å². The third-order valence-corrected chi connectivity index (χ3v) is 3.30. The van der Waals surface area contributed by atoms with Gasteiger partial charge in [0, 0.05) is 39.3 Å². The second-order valence-electron chi connectivity index (χ2n) is 5.23. The van der Waals surface area contributed by atoms with Crippen molar-refractivity contribution in [3.05, 3.63) is 0 Å². The van der Waals surface area contributed by atoms with Gasteiger partial charge >= 0.3 is 0 Å². The van der Waals surface area contributed by atoms with E-state index in [0.717, 1.165) is 39.0 Å². The van der Waals surface area contributed by atoms with E-state index < -0.39 is 0 Å². The van der Waals surface area contributed by atoms with Crippen LogP contribution in [0.25, 0.3) is 0 Å². The molecule has 1 saturated heterocycles. The van der Waals surface area contributed by atoms with Crippen LogP contribution in [0.15, 0.2) is 0 Å². The lowest BCUT2D eigenvalue weighted by atomic mass is 10.1. The third kappa shape index (κ3) is 5.48. The Morgan fingerprint density at radius 2 is 1.82 bits per heavy atom. The van der Waals surface area contributed by atoms with E-state index >= 15 is 0 Å². The van der Waals surface area contributed by atoms with Crippen LogP contribution in [0.1, 0.15) is 12.8 Å². The summed E-state index contributed by atoms with van der Waals surface area (Å²) in [6, 6.07) is 0.327. The Bertz CT molecular complexity index is 237. The van der Waals surface area contributed by atoms with Gasteiger partial charge in [0.2, 0.25) is 5.91 Å². The lowest BCUT2D eigenvalue weighted by Crippen LogP contribution is -2.45. The van der Waals surface area contributed by atoms with Gasteiger partial charge in [0.1, 0.15) is 0 Å². The number of carbonyl (C=O) groups excluding carboxylic acids is 1. The lowest BCUT2D eigenvalue weighted by molar-refractivity contribution is -0.131. The van der Waals surface area contributed by atoms with Crippen LogP contribution in [0.4, 0.5) is 0 Å². The predicted octanol–water partition coefficient (Wildman–Crippen LogP) is -0.570. The molecule has 0 aromatic carbocycles. The van der Waals surface area contributed by atoms with Crippen LogP contribution in [0.5, 0.6) is 0 Å². The summed E-state index contributed by atoms with van der Waals surface area (Å²) in [6.45, 7) is 4.14. The van der Waals surface area contributed by atoms with Crippen LogP contribution in [0.3, 0.4) is 0 Å². The van der Waals surface area contributed by atoms with Crippen molar-refractivity contribution in [1.82, 2.24) is 14.7 Å². The molecular formula is C12H26N4O. The lowest BCUT2D eigenvalue weighted by Gasteiger charge is -2.31. The Kier molecular flexibility index (Phi) is 5.88. The Morgan fingerprint density at radius 1 is 1.24 bits per heavy atom. The fraction of sp³-hybridized carbons (Fsp3) is 0.917. The summed E-state index contributed by atoms with van der Waals surface area (Å²) in [6.07, 6.45) is 2.02. The number of rotatable bonds is 5. The van der Waals surface area contributed by atoms with Gasteiger partial charge in [-0.25, -0.2) is 0 Å². The molecule has 1 fully saturated rings. The molecule has 0 aliphatic carbocycles. The molecule has 100 valence electrons. The maximum atomic E-state index is 11.9. The van der Waals surface area contributed by atoms with Crippen LogP contribution in [0.2, 0.25) is 0 Å². The van der Waals surface area contributed by atoms with E-state index in [1.165, 1.54) is 0 Å². The predicted molar refractivity (Wildman–Crippen MR) is 69.8 cm³/mol. The summed E-state index contributed by atoms with van der Waals surface area (Å²) in [5, 5.41) is 0. The van der Waals surface area contributed by atoms with Gasteiger partial charge in [-0.2, -0.15) is 0 Å². The first-order chi connectivity index (χ1) is 7.99. The highest BCUT2D eigenvalue weighted by molar-refractivity contribution is 5.78. The highest BCUT2D eigenvalue weighted by Gasteiger charge is 2.19. The molecule has 0 atom stereocenters. The quantitative estimate of drug-likeness (QED) is 0.701. The summed E-state index contributed by atoms with van der Waals surface area (Å²) in [7, 11) is 5.91. The number of likely N-dealkylation sites (N-methyl/N-ethyl adjacent to an activating group) is 2. The molecule has 0 spiro atoms. The molecule has 1 aliphatic rings. The average Bonchev–Trinajstić information content (AvgIpc) is 2.28. The molecule has 1 aliphatic heterocycles. The number of hydrogen-bond donors (Lipinski definition) is 1. The van der Waals surface area contributed by atoms with E-state index in [1.807, 2.05) is 26.0 Å². The summed E-state index contributed by atoms with van der Waals surface area (Å²) in [5.74, 6) is 0.210. The maximum absolute atomic E-state index is 11.9. The smallest absolute Gasteiger partial charge is 0.236 e. The second kappa shape index (κ2) is 6.93. The second-order valence-corrected chi connectivity index (χ2v) is 5.23. The highest BCUT2D eigenvalue weighted by atomic mass is 16.2. The Hall–Kier alpha value is -0.650. The van der Waals surface area contributed by atoms with E-state index in [0.29, 0.717) is 12.6 Å². The molecule has 0 aromatic rings.